The van der Waals surface area contributed by atoms with Gasteiger partial charge in [0.25, 0.3) is 5.69 Å². The Bertz CT molecular complexity index is 1050. The fourth-order valence-corrected chi connectivity index (χ4v) is 4.91. The summed E-state index contributed by atoms with van der Waals surface area (Å²) < 4.78 is 0.712. The standard InChI is InChI=1S/C22H26N4O3S2/c1-16-5-8-18(9-6-16)30-14-11-21(27)25(13-4-12-24(2)3)22-23-19-10-7-17(26(28)29)15-20(19)31-22/h5-10,15H,4,11-14H2,1-3H3. The van der Waals surface area contributed by atoms with Crippen LogP contribution in [0.1, 0.15) is 18.4 Å². The molecule has 0 atom stereocenters. The lowest BCUT2D eigenvalue weighted by atomic mass is 10.2. The Morgan fingerprint density at radius 3 is 2.58 bits per heavy atom. The number of anilines is 1. The molecule has 0 bridgehead atoms. The van der Waals surface area contributed by atoms with E-state index < -0.39 is 4.92 Å². The number of aryl methyl sites for hydroxylation is 1. The number of hydrogen-bond donors (Lipinski definition) is 0. The van der Waals surface area contributed by atoms with E-state index >= 15 is 0 Å². The van der Waals surface area contributed by atoms with Crippen molar-refractivity contribution in [1.82, 2.24) is 9.88 Å². The Morgan fingerprint density at radius 2 is 1.90 bits per heavy atom. The van der Waals surface area contributed by atoms with E-state index in [1.807, 2.05) is 14.1 Å². The minimum Gasteiger partial charge on any atom is -0.309 e. The summed E-state index contributed by atoms with van der Waals surface area (Å²) in [5.41, 5.74) is 1.91. The summed E-state index contributed by atoms with van der Waals surface area (Å²) in [6.07, 6.45) is 1.22. The second-order valence-electron chi connectivity index (χ2n) is 7.52. The summed E-state index contributed by atoms with van der Waals surface area (Å²) in [7, 11) is 4.00. The Hall–Kier alpha value is -2.49. The Labute approximate surface area is 190 Å². The van der Waals surface area contributed by atoms with Gasteiger partial charge in [0.05, 0.1) is 15.1 Å². The SMILES string of the molecule is Cc1ccc(SCCC(=O)N(CCCN(C)C)c2nc3ccc([N+](=O)[O-])cc3s2)cc1. The number of nitrogens with zero attached hydrogens (tertiary/aromatic N) is 4. The van der Waals surface area contributed by atoms with Crippen molar-refractivity contribution in [1.29, 1.82) is 0 Å². The zero-order valence-electron chi connectivity index (χ0n) is 17.9. The van der Waals surface area contributed by atoms with Crippen molar-refractivity contribution in [3.05, 3.63) is 58.1 Å². The van der Waals surface area contributed by atoms with Gasteiger partial charge in [-0.25, -0.2) is 4.98 Å². The largest absolute Gasteiger partial charge is 0.309 e. The van der Waals surface area contributed by atoms with E-state index in [1.165, 1.54) is 29.0 Å². The van der Waals surface area contributed by atoms with Crippen molar-refractivity contribution < 1.29 is 9.72 Å². The van der Waals surface area contributed by atoms with Crippen molar-refractivity contribution in [3.63, 3.8) is 0 Å². The molecule has 0 saturated heterocycles. The number of nitro benzene ring substituents is 1. The van der Waals surface area contributed by atoms with Gasteiger partial charge >= 0.3 is 0 Å². The molecule has 2 aromatic carbocycles. The van der Waals surface area contributed by atoms with Crippen LogP contribution in [0, 0.1) is 17.0 Å². The third-order valence-corrected chi connectivity index (χ3v) is 6.75. The smallest absolute Gasteiger partial charge is 0.270 e. The van der Waals surface area contributed by atoms with E-state index in [0.717, 1.165) is 17.9 Å². The maximum atomic E-state index is 13.1. The molecule has 31 heavy (non-hydrogen) atoms. The van der Waals surface area contributed by atoms with E-state index in [2.05, 4.69) is 41.1 Å². The molecule has 0 spiro atoms. The number of benzene rings is 2. The summed E-state index contributed by atoms with van der Waals surface area (Å²) >= 11 is 2.99. The number of nitro groups is 1. The van der Waals surface area contributed by atoms with Crippen LogP contribution in [0.3, 0.4) is 0 Å². The van der Waals surface area contributed by atoms with E-state index in [4.69, 9.17) is 0 Å². The fraction of sp³-hybridized carbons (Fsp3) is 0.364. The van der Waals surface area contributed by atoms with E-state index in [-0.39, 0.29) is 11.6 Å². The predicted molar refractivity (Wildman–Crippen MR) is 128 cm³/mol. The first-order chi connectivity index (χ1) is 14.8. The number of amides is 1. The zero-order chi connectivity index (χ0) is 22.4. The molecule has 0 aliphatic rings. The number of thiazole rings is 1. The molecule has 3 aromatic rings. The Balaban J connectivity index is 1.73. The van der Waals surface area contributed by atoms with Gasteiger partial charge in [-0.15, -0.1) is 11.8 Å². The molecule has 0 N–H and O–H groups in total. The second-order valence-corrected chi connectivity index (χ2v) is 9.70. The highest BCUT2D eigenvalue weighted by atomic mass is 32.2. The molecule has 1 aromatic heterocycles. The highest BCUT2D eigenvalue weighted by Gasteiger charge is 2.20. The fourth-order valence-electron chi connectivity index (χ4n) is 3.03. The Kier molecular flexibility index (Phi) is 8.00. The van der Waals surface area contributed by atoms with E-state index in [1.54, 1.807) is 22.7 Å². The lowest BCUT2D eigenvalue weighted by molar-refractivity contribution is -0.384. The topological polar surface area (TPSA) is 79.6 Å². The van der Waals surface area contributed by atoms with Gasteiger partial charge in [0, 0.05) is 35.7 Å². The van der Waals surface area contributed by atoms with Crippen molar-refractivity contribution in [2.75, 3.05) is 37.8 Å². The number of hydrogen-bond acceptors (Lipinski definition) is 7. The van der Waals surface area contributed by atoms with Crippen LogP contribution in [0.4, 0.5) is 10.8 Å². The number of carbonyl (C=O) groups is 1. The first kappa shape index (κ1) is 23.2. The van der Waals surface area contributed by atoms with Crippen LogP contribution in [0.15, 0.2) is 47.4 Å². The second kappa shape index (κ2) is 10.7. The van der Waals surface area contributed by atoms with Crippen LogP contribution >= 0.6 is 23.1 Å². The molecular weight excluding hydrogens is 432 g/mol. The average molecular weight is 459 g/mol. The number of non-ortho nitro benzene ring substituents is 1. The maximum absolute atomic E-state index is 13.1. The average Bonchev–Trinajstić information content (AvgIpc) is 3.15. The summed E-state index contributed by atoms with van der Waals surface area (Å²) in [5.74, 6) is 0.703. The summed E-state index contributed by atoms with van der Waals surface area (Å²) in [6, 6.07) is 12.9. The normalized spacial score (nSPS) is 11.2. The van der Waals surface area contributed by atoms with Crippen molar-refractivity contribution in [2.24, 2.45) is 0 Å². The van der Waals surface area contributed by atoms with Crippen molar-refractivity contribution in [3.8, 4) is 0 Å². The van der Waals surface area contributed by atoms with Crippen LogP contribution < -0.4 is 4.90 Å². The lowest BCUT2D eigenvalue weighted by Crippen LogP contribution is -2.33. The van der Waals surface area contributed by atoms with Gasteiger partial charge in [-0.3, -0.25) is 19.8 Å². The number of carbonyl (C=O) groups excluding carboxylic acids is 1. The molecule has 3 rings (SSSR count). The summed E-state index contributed by atoms with van der Waals surface area (Å²) in [4.78, 5) is 33.3. The molecule has 0 fully saturated rings. The van der Waals surface area contributed by atoms with Crippen LogP contribution in [-0.4, -0.2) is 53.7 Å². The number of fused-ring (bicyclic) bond motifs is 1. The highest BCUT2D eigenvalue weighted by Crippen LogP contribution is 2.32. The van der Waals surface area contributed by atoms with Crippen molar-refractivity contribution in [2.45, 2.75) is 24.7 Å². The zero-order valence-corrected chi connectivity index (χ0v) is 19.5. The van der Waals surface area contributed by atoms with Gasteiger partial charge in [-0.1, -0.05) is 29.0 Å². The number of aromatic nitrogens is 1. The quantitative estimate of drug-likeness (QED) is 0.242. The first-order valence-electron chi connectivity index (χ1n) is 10.0. The van der Waals surface area contributed by atoms with Crippen LogP contribution in [-0.2, 0) is 4.79 Å². The third kappa shape index (κ3) is 6.49. The first-order valence-corrected chi connectivity index (χ1v) is 11.8. The molecule has 1 heterocycles. The molecular formula is C22H26N4O3S2. The van der Waals surface area contributed by atoms with Gasteiger partial charge < -0.3 is 4.90 Å². The molecule has 7 nitrogen and oxygen atoms in total. The minimum absolute atomic E-state index is 0.0203. The molecule has 9 heteroatoms. The summed E-state index contributed by atoms with van der Waals surface area (Å²) in [6.45, 7) is 3.47. The van der Waals surface area contributed by atoms with Gasteiger partial charge in [0.2, 0.25) is 5.91 Å². The highest BCUT2D eigenvalue weighted by molar-refractivity contribution is 7.99. The molecule has 0 saturated carbocycles. The molecule has 0 radical (unpaired) electrons. The van der Waals surface area contributed by atoms with Crippen LogP contribution in [0.25, 0.3) is 10.2 Å². The maximum Gasteiger partial charge on any atom is 0.270 e. The molecule has 0 aliphatic heterocycles. The van der Waals surface area contributed by atoms with Gasteiger partial charge in [0.1, 0.15) is 0 Å². The summed E-state index contributed by atoms with van der Waals surface area (Å²) in [5, 5.41) is 11.7. The van der Waals surface area contributed by atoms with Crippen LogP contribution in [0.5, 0.6) is 0 Å². The molecule has 0 unspecified atom stereocenters. The van der Waals surface area contributed by atoms with E-state index in [9.17, 15) is 14.9 Å². The monoisotopic (exact) mass is 458 g/mol. The van der Waals surface area contributed by atoms with E-state index in [0.29, 0.717) is 34.1 Å². The number of thioether (sulfide) groups is 1. The van der Waals surface area contributed by atoms with Gasteiger partial charge in [0.15, 0.2) is 5.13 Å². The molecule has 164 valence electrons. The minimum atomic E-state index is -0.416. The van der Waals surface area contributed by atoms with Crippen LogP contribution in [0.2, 0.25) is 0 Å². The Morgan fingerprint density at radius 1 is 1.16 bits per heavy atom. The molecule has 1 amide bonds. The number of rotatable bonds is 10. The molecule has 0 aliphatic carbocycles. The van der Waals surface area contributed by atoms with Gasteiger partial charge in [-0.05, 0) is 52.2 Å². The predicted octanol–water partition coefficient (Wildman–Crippen LogP) is 4.98. The van der Waals surface area contributed by atoms with Crippen molar-refractivity contribution >= 4 is 50.0 Å². The third-order valence-electron chi connectivity index (χ3n) is 4.70. The lowest BCUT2D eigenvalue weighted by Gasteiger charge is -2.21. The van der Waals surface area contributed by atoms with Gasteiger partial charge in [-0.2, -0.15) is 0 Å².